The number of carbonyl (C=O) groups excluding carboxylic acids is 2. The van der Waals surface area contributed by atoms with Gasteiger partial charge in [0, 0.05) is 13.1 Å². The molecule has 1 amide bonds. The molecule has 1 aliphatic rings. The number of unbranched alkanes of at least 4 members (excludes halogenated alkanes) is 1. The van der Waals surface area contributed by atoms with Gasteiger partial charge in [-0.05, 0) is 25.7 Å². The predicted octanol–water partition coefficient (Wildman–Crippen LogP) is 1.32. The van der Waals surface area contributed by atoms with Gasteiger partial charge in [-0.3, -0.25) is 14.9 Å². The van der Waals surface area contributed by atoms with Crippen molar-refractivity contribution in [3.8, 4) is 0 Å². The van der Waals surface area contributed by atoms with Crippen LogP contribution in [0.2, 0.25) is 0 Å². The number of amides is 1. The molecule has 0 aromatic carbocycles. The Morgan fingerprint density at radius 3 is 2.53 bits per heavy atom. The van der Waals surface area contributed by atoms with Crippen molar-refractivity contribution in [1.82, 2.24) is 10.2 Å². The Hall–Kier alpha value is -1.10. The second-order valence-electron chi connectivity index (χ2n) is 5.04. The molecule has 1 fully saturated rings. The van der Waals surface area contributed by atoms with Gasteiger partial charge in [-0.15, -0.1) is 0 Å². The normalized spacial score (nSPS) is 17.1. The summed E-state index contributed by atoms with van der Waals surface area (Å²) in [5, 5.41) is 3.04. The van der Waals surface area contributed by atoms with Crippen LogP contribution in [-0.4, -0.2) is 49.6 Å². The lowest BCUT2D eigenvalue weighted by atomic mass is 10.1. The fourth-order valence-electron chi connectivity index (χ4n) is 2.32. The van der Waals surface area contributed by atoms with Crippen molar-refractivity contribution in [1.29, 1.82) is 0 Å². The molecule has 0 aliphatic carbocycles. The zero-order chi connectivity index (χ0) is 14.1. The van der Waals surface area contributed by atoms with Crippen molar-refractivity contribution in [2.75, 3.05) is 26.7 Å². The Morgan fingerprint density at radius 2 is 1.95 bits per heavy atom. The third-order valence-corrected chi connectivity index (χ3v) is 3.54. The molecule has 1 saturated heterocycles. The van der Waals surface area contributed by atoms with E-state index in [4.69, 9.17) is 4.74 Å². The molecule has 1 aliphatic heterocycles. The summed E-state index contributed by atoms with van der Waals surface area (Å²) in [4.78, 5) is 25.5. The number of ether oxygens (including phenoxy) is 1. The topological polar surface area (TPSA) is 58.6 Å². The maximum Gasteiger partial charge on any atom is 0.322 e. The first kappa shape index (κ1) is 16.0. The van der Waals surface area contributed by atoms with Crippen LogP contribution >= 0.6 is 0 Å². The van der Waals surface area contributed by atoms with E-state index < -0.39 is 0 Å². The van der Waals surface area contributed by atoms with Gasteiger partial charge in [-0.1, -0.05) is 19.8 Å². The minimum atomic E-state index is -0.362. The third-order valence-electron chi connectivity index (χ3n) is 3.54. The number of nitrogens with zero attached hydrogens (tertiary/aromatic N) is 1. The molecule has 0 spiro atoms. The van der Waals surface area contributed by atoms with Gasteiger partial charge >= 0.3 is 5.97 Å². The Labute approximate surface area is 115 Å². The number of nitrogens with one attached hydrogen (secondary N) is 1. The standard InChI is InChI=1S/C14H26N2O3/c1-3-4-8-12(14(18)19-2)15-11-13(17)16-9-6-5-7-10-16/h12,15H,3-11H2,1-2H3. The minimum absolute atomic E-state index is 0.0881. The average Bonchev–Trinajstić information content (AvgIpc) is 2.47. The van der Waals surface area contributed by atoms with Gasteiger partial charge < -0.3 is 9.64 Å². The van der Waals surface area contributed by atoms with Crippen molar-refractivity contribution in [3.05, 3.63) is 0 Å². The van der Waals surface area contributed by atoms with Crippen molar-refractivity contribution < 1.29 is 14.3 Å². The molecule has 1 heterocycles. The maximum atomic E-state index is 12.0. The van der Waals surface area contributed by atoms with Crippen LogP contribution in [0, 0.1) is 0 Å². The summed E-state index contributed by atoms with van der Waals surface area (Å²) in [6.45, 7) is 3.99. The van der Waals surface area contributed by atoms with Crippen LogP contribution in [0.15, 0.2) is 0 Å². The molecule has 1 rings (SSSR count). The van der Waals surface area contributed by atoms with Crippen LogP contribution in [0.25, 0.3) is 0 Å². The molecule has 0 bridgehead atoms. The number of rotatable bonds is 7. The van der Waals surface area contributed by atoms with E-state index in [0.717, 1.165) is 45.2 Å². The molecule has 0 radical (unpaired) electrons. The summed E-state index contributed by atoms with van der Waals surface area (Å²) in [6.07, 6.45) is 6.07. The van der Waals surface area contributed by atoms with E-state index in [-0.39, 0.29) is 24.5 Å². The number of hydrogen-bond donors (Lipinski definition) is 1. The molecular weight excluding hydrogens is 244 g/mol. The predicted molar refractivity (Wildman–Crippen MR) is 73.8 cm³/mol. The molecule has 5 heteroatoms. The van der Waals surface area contributed by atoms with E-state index in [1.165, 1.54) is 13.5 Å². The SMILES string of the molecule is CCCCC(NCC(=O)N1CCCCC1)C(=O)OC. The highest BCUT2D eigenvalue weighted by Crippen LogP contribution is 2.08. The lowest BCUT2D eigenvalue weighted by Gasteiger charge is -2.27. The van der Waals surface area contributed by atoms with Crippen molar-refractivity contribution in [3.63, 3.8) is 0 Å². The summed E-state index contributed by atoms with van der Waals surface area (Å²) in [6, 6.07) is -0.362. The lowest BCUT2D eigenvalue weighted by molar-refractivity contribution is -0.143. The Morgan fingerprint density at radius 1 is 1.26 bits per heavy atom. The van der Waals surface area contributed by atoms with E-state index >= 15 is 0 Å². The van der Waals surface area contributed by atoms with Crippen molar-refractivity contribution >= 4 is 11.9 Å². The monoisotopic (exact) mass is 270 g/mol. The van der Waals surface area contributed by atoms with Crippen LogP contribution in [0.4, 0.5) is 0 Å². The third kappa shape index (κ3) is 5.59. The highest BCUT2D eigenvalue weighted by molar-refractivity contribution is 5.80. The number of likely N-dealkylation sites (tertiary alicyclic amines) is 1. The van der Waals surface area contributed by atoms with Gasteiger partial charge in [0.1, 0.15) is 6.04 Å². The van der Waals surface area contributed by atoms with E-state index in [1.54, 1.807) is 0 Å². The minimum Gasteiger partial charge on any atom is -0.468 e. The van der Waals surface area contributed by atoms with Crippen molar-refractivity contribution in [2.24, 2.45) is 0 Å². The fraction of sp³-hybridized carbons (Fsp3) is 0.857. The van der Waals surface area contributed by atoms with Crippen LogP contribution in [0.5, 0.6) is 0 Å². The molecule has 0 saturated carbocycles. The molecule has 0 aromatic rings. The summed E-state index contributed by atoms with van der Waals surface area (Å²) >= 11 is 0. The number of hydrogen-bond acceptors (Lipinski definition) is 4. The van der Waals surface area contributed by atoms with E-state index in [9.17, 15) is 9.59 Å². The summed E-state index contributed by atoms with van der Waals surface area (Å²) in [5.74, 6) is -0.190. The molecule has 5 nitrogen and oxygen atoms in total. The second kappa shape index (κ2) is 8.91. The first-order chi connectivity index (χ1) is 9.19. The van der Waals surface area contributed by atoms with Gasteiger partial charge in [0.05, 0.1) is 13.7 Å². The maximum absolute atomic E-state index is 12.0. The quantitative estimate of drug-likeness (QED) is 0.709. The first-order valence-electron chi connectivity index (χ1n) is 7.28. The van der Waals surface area contributed by atoms with Gasteiger partial charge in [0.2, 0.25) is 5.91 Å². The number of methoxy groups -OCH3 is 1. The first-order valence-corrected chi connectivity index (χ1v) is 7.28. The number of carbonyl (C=O) groups is 2. The van der Waals surface area contributed by atoms with Gasteiger partial charge in [0.25, 0.3) is 0 Å². The Balaban J connectivity index is 2.36. The van der Waals surface area contributed by atoms with E-state index in [0.29, 0.717) is 0 Å². The largest absolute Gasteiger partial charge is 0.468 e. The Bertz CT molecular complexity index is 288. The van der Waals surface area contributed by atoms with Crippen LogP contribution in [0.1, 0.15) is 45.4 Å². The fourth-order valence-corrected chi connectivity index (χ4v) is 2.32. The van der Waals surface area contributed by atoms with Crippen LogP contribution in [0.3, 0.4) is 0 Å². The van der Waals surface area contributed by atoms with Gasteiger partial charge in [-0.25, -0.2) is 0 Å². The second-order valence-corrected chi connectivity index (χ2v) is 5.04. The number of piperidine rings is 1. The van der Waals surface area contributed by atoms with E-state index in [1.807, 2.05) is 4.90 Å². The Kier molecular flexibility index (Phi) is 7.48. The highest BCUT2D eigenvalue weighted by Gasteiger charge is 2.21. The van der Waals surface area contributed by atoms with Crippen LogP contribution < -0.4 is 5.32 Å². The molecule has 19 heavy (non-hydrogen) atoms. The van der Waals surface area contributed by atoms with Gasteiger partial charge in [-0.2, -0.15) is 0 Å². The van der Waals surface area contributed by atoms with Crippen LogP contribution in [-0.2, 0) is 14.3 Å². The van der Waals surface area contributed by atoms with Gasteiger partial charge in [0.15, 0.2) is 0 Å². The smallest absolute Gasteiger partial charge is 0.322 e. The number of esters is 1. The zero-order valence-electron chi connectivity index (χ0n) is 12.1. The summed E-state index contributed by atoms with van der Waals surface area (Å²) in [5.41, 5.74) is 0. The highest BCUT2D eigenvalue weighted by atomic mass is 16.5. The average molecular weight is 270 g/mol. The molecule has 110 valence electrons. The zero-order valence-corrected chi connectivity index (χ0v) is 12.1. The van der Waals surface area contributed by atoms with E-state index in [2.05, 4.69) is 12.2 Å². The molecule has 1 unspecified atom stereocenters. The molecule has 1 N–H and O–H groups in total. The lowest BCUT2D eigenvalue weighted by Crippen LogP contribution is -2.46. The molecule has 1 atom stereocenters. The molecular formula is C14H26N2O3. The van der Waals surface area contributed by atoms with Crippen molar-refractivity contribution in [2.45, 2.75) is 51.5 Å². The summed E-state index contributed by atoms with van der Waals surface area (Å²) in [7, 11) is 1.38. The molecule has 0 aromatic heterocycles. The summed E-state index contributed by atoms with van der Waals surface area (Å²) < 4.78 is 4.76.